The van der Waals surface area contributed by atoms with Crippen LogP contribution in [0.4, 0.5) is 0 Å². The van der Waals surface area contributed by atoms with Crippen LogP contribution in [0.1, 0.15) is 175 Å². The fraction of sp³-hybridized carbons (Fsp3) is 0.556. The highest BCUT2D eigenvalue weighted by atomic mass is 16.7. The molecule has 12 heteroatoms. The molecule has 6 atom stereocenters. The van der Waals surface area contributed by atoms with E-state index < -0.39 is 67.3 Å². The van der Waals surface area contributed by atoms with Gasteiger partial charge < -0.3 is 39.0 Å². The van der Waals surface area contributed by atoms with E-state index in [4.69, 9.17) is 23.7 Å². The highest BCUT2D eigenvalue weighted by Crippen LogP contribution is 2.26. The molecule has 1 fully saturated rings. The zero-order chi connectivity index (χ0) is 54.7. The first-order chi connectivity index (χ1) is 36.6. The first kappa shape index (κ1) is 67.6. The second kappa shape index (κ2) is 49.5. The summed E-state index contributed by atoms with van der Waals surface area (Å²) in [7, 11) is 0. The number of carbonyl (C=O) groups excluding carboxylic acids is 3. The molecule has 0 amide bonds. The summed E-state index contributed by atoms with van der Waals surface area (Å²) in [4.78, 5) is 51.0. The number of carboxylic acid groups (broad SMARTS) is 1. The van der Waals surface area contributed by atoms with Gasteiger partial charge in [0.1, 0.15) is 18.8 Å². The average Bonchev–Trinajstić information content (AvgIpc) is 3.39. The number of ether oxygens (including phenoxy) is 5. The van der Waals surface area contributed by atoms with Gasteiger partial charge in [0.2, 0.25) is 0 Å². The molecular weight excluding hydrogens is 949 g/mol. The third-order valence-corrected chi connectivity index (χ3v) is 11.4. The number of unbranched alkanes of at least 4 members (excludes halogenated alkanes) is 6. The minimum atomic E-state index is -1.94. The molecule has 12 nitrogen and oxygen atoms in total. The maximum atomic E-state index is 13.1. The lowest BCUT2D eigenvalue weighted by Gasteiger charge is -2.40. The molecule has 0 spiro atoms. The van der Waals surface area contributed by atoms with Crippen molar-refractivity contribution in [1.82, 2.24) is 0 Å². The Labute approximate surface area is 451 Å². The van der Waals surface area contributed by atoms with E-state index in [-0.39, 0.29) is 25.9 Å². The number of carboxylic acids is 1. The Morgan fingerprint density at radius 1 is 0.440 bits per heavy atom. The van der Waals surface area contributed by atoms with Crippen molar-refractivity contribution in [2.24, 2.45) is 0 Å². The van der Waals surface area contributed by atoms with E-state index >= 15 is 0 Å². The Kier molecular flexibility index (Phi) is 44.6. The van der Waals surface area contributed by atoms with Crippen molar-refractivity contribution >= 4 is 23.9 Å². The lowest BCUT2D eigenvalue weighted by molar-refractivity contribution is -0.301. The Balaban J connectivity index is 2.81. The molecular formula is C63H94O12. The smallest absolute Gasteiger partial charge is 0.335 e. The molecule has 0 saturated carbocycles. The molecule has 75 heavy (non-hydrogen) atoms. The molecule has 0 aromatic rings. The van der Waals surface area contributed by atoms with Crippen molar-refractivity contribution in [2.45, 2.75) is 212 Å². The summed E-state index contributed by atoms with van der Waals surface area (Å²) in [5.41, 5.74) is 0. The molecule has 1 saturated heterocycles. The lowest BCUT2D eigenvalue weighted by Crippen LogP contribution is -2.61. The first-order valence-electron chi connectivity index (χ1n) is 27.8. The van der Waals surface area contributed by atoms with Crippen molar-refractivity contribution in [3.05, 3.63) is 146 Å². The zero-order valence-corrected chi connectivity index (χ0v) is 45.7. The number of hydrogen-bond donors (Lipinski definition) is 3. The SMILES string of the molecule is CC/C=C\C/C=C\C/C=C\C/C=C\CCCCCCC(=O)OCC(COC1OC(C(=O)O)C(O)C(O)C1OC(=O)CC/C=C\C/C=C\C/C=C\C/C=C\CC)OC(=O)CCCC/C=C\C/C=C\C/C=C\C/C=C\CC. The molecule has 1 heterocycles. The van der Waals surface area contributed by atoms with Crippen LogP contribution >= 0.6 is 0 Å². The molecule has 0 radical (unpaired) electrons. The molecule has 6 unspecified atom stereocenters. The Morgan fingerprint density at radius 3 is 1.28 bits per heavy atom. The van der Waals surface area contributed by atoms with Crippen LogP contribution in [0, 0.1) is 0 Å². The molecule has 0 aliphatic carbocycles. The Morgan fingerprint density at radius 2 is 0.827 bits per heavy atom. The summed E-state index contributed by atoms with van der Waals surface area (Å²) in [6.07, 6.45) is 58.4. The quantitative estimate of drug-likeness (QED) is 0.0228. The van der Waals surface area contributed by atoms with Gasteiger partial charge in [-0.15, -0.1) is 0 Å². The van der Waals surface area contributed by atoms with Gasteiger partial charge in [-0.1, -0.05) is 179 Å². The monoisotopic (exact) mass is 1040 g/mol. The largest absolute Gasteiger partial charge is 0.479 e. The molecule has 1 aliphatic rings. The van der Waals surface area contributed by atoms with Gasteiger partial charge in [-0.3, -0.25) is 14.4 Å². The maximum Gasteiger partial charge on any atom is 0.335 e. The molecule has 1 aliphatic heterocycles. The van der Waals surface area contributed by atoms with Gasteiger partial charge in [-0.25, -0.2) is 4.79 Å². The minimum absolute atomic E-state index is 0.0770. The fourth-order valence-electron chi connectivity index (χ4n) is 7.24. The number of aliphatic carboxylic acids is 1. The molecule has 3 N–H and O–H groups in total. The third-order valence-electron chi connectivity index (χ3n) is 11.4. The van der Waals surface area contributed by atoms with Crippen LogP contribution in [-0.4, -0.2) is 89.2 Å². The number of carbonyl (C=O) groups is 4. The van der Waals surface area contributed by atoms with Crippen molar-refractivity contribution in [3.63, 3.8) is 0 Å². The number of aliphatic hydroxyl groups excluding tert-OH is 2. The van der Waals surface area contributed by atoms with Crippen LogP contribution in [0.3, 0.4) is 0 Å². The Bertz CT molecular complexity index is 1860. The van der Waals surface area contributed by atoms with Gasteiger partial charge in [0.15, 0.2) is 24.6 Å². The van der Waals surface area contributed by atoms with Crippen LogP contribution in [0.15, 0.2) is 146 Å². The van der Waals surface area contributed by atoms with E-state index in [9.17, 15) is 34.5 Å². The van der Waals surface area contributed by atoms with Gasteiger partial charge in [0, 0.05) is 19.3 Å². The van der Waals surface area contributed by atoms with Crippen molar-refractivity contribution < 1.29 is 58.2 Å². The van der Waals surface area contributed by atoms with Crippen LogP contribution in [0.5, 0.6) is 0 Å². The number of esters is 3. The zero-order valence-electron chi connectivity index (χ0n) is 45.7. The first-order valence-corrected chi connectivity index (χ1v) is 27.8. The van der Waals surface area contributed by atoms with Crippen LogP contribution in [0.25, 0.3) is 0 Å². The summed E-state index contributed by atoms with van der Waals surface area (Å²) in [6.45, 7) is 5.52. The number of rotatable bonds is 44. The van der Waals surface area contributed by atoms with Gasteiger partial charge in [-0.2, -0.15) is 0 Å². The summed E-state index contributed by atoms with van der Waals surface area (Å²) in [5.74, 6) is -3.35. The normalized spacial score (nSPS) is 19.3. The summed E-state index contributed by atoms with van der Waals surface area (Å²) >= 11 is 0. The standard InChI is InChI=1S/C63H94O12/c1-4-7-10-13-16-19-22-25-27-28-30-32-34-37-40-43-46-49-55(64)71-52-54(73-56(65)50-47-44-41-38-36-33-29-26-23-20-17-14-11-8-5-2)53-72-63-61(59(68)58(67)60(75-63)62(69)70)74-57(66)51-48-45-42-39-35-31-24-21-18-15-12-9-6-3/h7-12,16-21,25-27,29-32,35-36,38,42,45,54,58-61,63,67-68H,4-6,13-15,22-24,28,33-34,37,39-41,43-44,46-53H2,1-3H3,(H,69,70)/b10-7-,11-8-,12-9-,19-16-,20-17-,21-18-,27-25-,29-26-,32-30-,35-31-,38-36-,45-42-. The fourth-order valence-corrected chi connectivity index (χ4v) is 7.24. The summed E-state index contributed by atoms with van der Waals surface area (Å²) in [5, 5.41) is 31.4. The second-order valence-electron chi connectivity index (χ2n) is 18.1. The van der Waals surface area contributed by atoms with Crippen molar-refractivity contribution in [1.29, 1.82) is 0 Å². The second-order valence-corrected chi connectivity index (χ2v) is 18.1. The molecule has 418 valence electrons. The van der Waals surface area contributed by atoms with Crippen molar-refractivity contribution in [3.8, 4) is 0 Å². The van der Waals surface area contributed by atoms with E-state index in [0.717, 1.165) is 109 Å². The summed E-state index contributed by atoms with van der Waals surface area (Å²) < 4.78 is 28.2. The summed E-state index contributed by atoms with van der Waals surface area (Å²) in [6, 6.07) is 0. The molecule has 0 bridgehead atoms. The highest BCUT2D eigenvalue weighted by molar-refractivity contribution is 5.74. The average molecular weight is 1040 g/mol. The molecule has 1 rings (SSSR count). The van der Waals surface area contributed by atoms with E-state index in [1.165, 1.54) is 0 Å². The van der Waals surface area contributed by atoms with Gasteiger partial charge in [0.25, 0.3) is 0 Å². The van der Waals surface area contributed by atoms with E-state index in [2.05, 4.69) is 148 Å². The predicted octanol–water partition coefficient (Wildman–Crippen LogP) is 14.0. The third kappa shape index (κ3) is 39.7. The lowest BCUT2D eigenvalue weighted by atomic mass is 9.98. The minimum Gasteiger partial charge on any atom is -0.479 e. The number of hydrogen-bond acceptors (Lipinski definition) is 11. The highest BCUT2D eigenvalue weighted by Gasteiger charge is 2.50. The van der Waals surface area contributed by atoms with Crippen molar-refractivity contribution in [2.75, 3.05) is 13.2 Å². The van der Waals surface area contributed by atoms with Gasteiger partial charge in [0.05, 0.1) is 6.61 Å². The van der Waals surface area contributed by atoms with E-state index in [0.29, 0.717) is 25.7 Å². The number of allylic oxidation sites excluding steroid dienone is 24. The van der Waals surface area contributed by atoms with E-state index in [1.807, 2.05) is 18.2 Å². The van der Waals surface area contributed by atoms with Gasteiger partial charge >= 0.3 is 23.9 Å². The number of aliphatic hydroxyl groups is 2. The van der Waals surface area contributed by atoms with E-state index in [1.54, 1.807) is 0 Å². The van der Waals surface area contributed by atoms with Crippen LogP contribution in [0.2, 0.25) is 0 Å². The predicted molar refractivity (Wildman–Crippen MR) is 302 cm³/mol. The van der Waals surface area contributed by atoms with Crippen LogP contribution < -0.4 is 0 Å². The maximum absolute atomic E-state index is 13.1. The van der Waals surface area contributed by atoms with Crippen LogP contribution in [-0.2, 0) is 42.9 Å². The Hall–Kier alpha value is -5.40. The topological polar surface area (TPSA) is 175 Å². The molecule has 0 aromatic carbocycles. The molecule has 0 aromatic heterocycles. The van der Waals surface area contributed by atoms with Gasteiger partial charge in [-0.05, 0) is 122 Å².